The van der Waals surface area contributed by atoms with Gasteiger partial charge in [0.05, 0.1) is 11.2 Å². The summed E-state index contributed by atoms with van der Waals surface area (Å²) in [5.41, 5.74) is 3.42. The second-order valence-electron chi connectivity index (χ2n) is 8.40. The van der Waals surface area contributed by atoms with E-state index in [4.69, 9.17) is 21.6 Å². The summed E-state index contributed by atoms with van der Waals surface area (Å²) in [5.74, 6) is 0.591. The van der Waals surface area contributed by atoms with E-state index in [0.717, 1.165) is 59.7 Å². The van der Waals surface area contributed by atoms with Crippen LogP contribution in [0, 0.1) is 6.92 Å². The largest absolute Gasteiger partial charge is 0.341 e. The SMILES string of the molecule is Cc1nc(N2CCC(N(C)C)CC2)nc2ccc(NC(=O)/C=C\c3ccc(Cl)cc3)cc12. The first kappa shape index (κ1) is 22.2. The molecule has 0 aliphatic carbocycles. The lowest BCUT2D eigenvalue weighted by Gasteiger charge is -2.35. The van der Waals surface area contributed by atoms with E-state index >= 15 is 0 Å². The minimum absolute atomic E-state index is 0.196. The van der Waals surface area contributed by atoms with Gasteiger partial charge in [0.25, 0.3) is 0 Å². The molecule has 0 atom stereocenters. The lowest BCUT2D eigenvalue weighted by molar-refractivity contribution is -0.111. The molecule has 2 heterocycles. The van der Waals surface area contributed by atoms with E-state index in [1.165, 1.54) is 6.08 Å². The number of benzene rings is 2. The Labute approximate surface area is 193 Å². The summed E-state index contributed by atoms with van der Waals surface area (Å²) in [6, 6.07) is 13.7. The fourth-order valence-corrected chi connectivity index (χ4v) is 4.12. The Morgan fingerprint density at radius 2 is 1.84 bits per heavy atom. The molecule has 1 aromatic heterocycles. The number of aryl methyl sites for hydroxylation is 1. The highest BCUT2D eigenvalue weighted by Crippen LogP contribution is 2.25. The smallest absolute Gasteiger partial charge is 0.248 e. The van der Waals surface area contributed by atoms with Gasteiger partial charge >= 0.3 is 0 Å². The first-order chi connectivity index (χ1) is 15.4. The summed E-state index contributed by atoms with van der Waals surface area (Å²) in [5, 5.41) is 4.52. The number of halogens is 1. The molecule has 1 amide bonds. The number of rotatable bonds is 5. The van der Waals surface area contributed by atoms with Gasteiger partial charge in [-0.25, -0.2) is 9.97 Å². The average Bonchev–Trinajstić information content (AvgIpc) is 2.79. The Hall–Kier alpha value is -2.96. The Balaban J connectivity index is 1.46. The summed E-state index contributed by atoms with van der Waals surface area (Å²) in [6.45, 7) is 3.91. The normalized spacial score (nSPS) is 15.1. The van der Waals surface area contributed by atoms with Crippen molar-refractivity contribution in [3.8, 4) is 0 Å². The fraction of sp³-hybridized carbons (Fsp3) is 0.320. The summed E-state index contributed by atoms with van der Waals surface area (Å²) >= 11 is 5.90. The second-order valence-corrected chi connectivity index (χ2v) is 8.83. The lowest BCUT2D eigenvalue weighted by Crippen LogP contribution is -2.42. The predicted octanol–water partition coefficient (Wildman–Crippen LogP) is 4.77. The summed E-state index contributed by atoms with van der Waals surface area (Å²) in [6.07, 6.45) is 5.49. The van der Waals surface area contributed by atoms with Gasteiger partial charge in [-0.15, -0.1) is 0 Å². The van der Waals surface area contributed by atoms with Gasteiger partial charge in [0.15, 0.2) is 0 Å². The van der Waals surface area contributed by atoms with Crippen LogP contribution in [-0.2, 0) is 4.79 Å². The maximum absolute atomic E-state index is 12.3. The van der Waals surface area contributed by atoms with Gasteiger partial charge in [-0.2, -0.15) is 0 Å². The molecule has 0 bridgehead atoms. The highest BCUT2D eigenvalue weighted by molar-refractivity contribution is 6.30. The zero-order valence-electron chi connectivity index (χ0n) is 18.7. The highest BCUT2D eigenvalue weighted by Gasteiger charge is 2.22. The Morgan fingerprint density at radius 1 is 1.12 bits per heavy atom. The molecule has 166 valence electrons. The van der Waals surface area contributed by atoms with Crippen LogP contribution in [0.15, 0.2) is 48.5 Å². The molecule has 2 aromatic carbocycles. The van der Waals surface area contributed by atoms with Crippen LogP contribution >= 0.6 is 11.6 Å². The lowest BCUT2D eigenvalue weighted by atomic mass is 10.0. The van der Waals surface area contributed by atoms with Crippen molar-refractivity contribution in [2.45, 2.75) is 25.8 Å². The number of amides is 1. The van der Waals surface area contributed by atoms with E-state index in [2.05, 4.69) is 29.2 Å². The minimum Gasteiger partial charge on any atom is -0.341 e. The number of aromatic nitrogens is 2. The maximum atomic E-state index is 12.3. The fourth-order valence-electron chi connectivity index (χ4n) is 4.00. The molecule has 0 unspecified atom stereocenters. The molecule has 32 heavy (non-hydrogen) atoms. The molecule has 0 spiro atoms. The number of nitrogens with one attached hydrogen (secondary N) is 1. The molecule has 1 aliphatic rings. The molecule has 0 radical (unpaired) electrons. The quantitative estimate of drug-likeness (QED) is 0.568. The van der Waals surface area contributed by atoms with Gasteiger partial charge in [0, 0.05) is 41.3 Å². The Bertz CT molecular complexity index is 1140. The minimum atomic E-state index is -0.196. The van der Waals surface area contributed by atoms with Crippen LogP contribution in [0.1, 0.15) is 24.1 Å². The molecule has 1 aliphatic heterocycles. The third kappa shape index (κ3) is 5.26. The number of hydrogen-bond donors (Lipinski definition) is 1. The van der Waals surface area contributed by atoms with Gasteiger partial charge < -0.3 is 15.1 Å². The topological polar surface area (TPSA) is 61.4 Å². The first-order valence-electron chi connectivity index (χ1n) is 10.8. The molecule has 0 saturated carbocycles. The van der Waals surface area contributed by atoms with Gasteiger partial charge in [0.1, 0.15) is 0 Å². The van der Waals surface area contributed by atoms with E-state index in [9.17, 15) is 4.79 Å². The number of anilines is 2. The van der Waals surface area contributed by atoms with Crippen molar-refractivity contribution < 1.29 is 4.79 Å². The number of nitrogens with zero attached hydrogens (tertiary/aromatic N) is 4. The Morgan fingerprint density at radius 3 is 2.53 bits per heavy atom. The summed E-state index contributed by atoms with van der Waals surface area (Å²) in [4.78, 5) is 26.5. The van der Waals surface area contributed by atoms with Crippen LogP contribution < -0.4 is 10.2 Å². The number of piperidine rings is 1. The van der Waals surface area contributed by atoms with Crippen LogP contribution in [0.3, 0.4) is 0 Å². The predicted molar refractivity (Wildman–Crippen MR) is 132 cm³/mol. The van der Waals surface area contributed by atoms with Crippen molar-refractivity contribution in [3.63, 3.8) is 0 Å². The summed E-state index contributed by atoms with van der Waals surface area (Å²) in [7, 11) is 4.28. The maximum Gasteiger partial charge on any atom is 0.248 e. The molecular weight excluding hydrogens is 422 g/mol. The van der Waals surface area contributed by atoms with E-state index in [1.807, 2.05) is 37.3 Å². The zero-order chi connectivity index (χ0) is 22.7. The number of hydrogen-bond acceptors (Lipinski definition) is 5. The number of fused-ring (bicyclic) bond motifs is 1. The standard InChI is InChI=1S/C25H28ClN5O/c1-17-22-16-20(28-24(32)11-6-18-4-7-19(26)8-5-18)9-10-23(22)29-25(27-17)31-14-12-21(13-15-31)30(2)3/h4-11,16,21H,12-15H2,1-3H3,(H,28,32)/b11-6-. The molecule has 1 N–H and O–H groups in total. The van der Waals surface area contributed by atoms with E-state index < -0.39 is 0 Å². The third-order valence-corrected chi connectivity index (χ3v) is 6.17. The van der Waals surface area contributed by atoms with E-state index in [1.54, 1.807) is 18.2 Å². The van der Waals surface area contributed by atoms with Crippen molar-refractivity contribution in [1.29, 1.82) is 0 Å². The molecule has 1 fully saturated rings. The molecule has 4 rings (SSSR count). The third-order valence-electron chi connectivity index (χ3n) is 5.92. The Kier molecular flexibility index (Phi) is 6.72. The molecule has 6 nitrogen and oxygen atoms in total. The van der Waals surface area contributed by atoms with Crippen molar-refractivity contribution >= 4 is 46.1 Å². The molecule has 7 heteroatoms. The van der Waals surface area contributed by atoms with Crippen LogP contribution in [0.25, 0.3) is 17.0 Å². The number of carbonyl (C=O) groups excluding carboxylic acids is 1. The average molecular weight is 450 g/mol. The monoisotopic (exact) mass is 449 g/mol. The molecule has 1 saturated heterocycles. The highest BCUT2D eigenvalue weighted by atomic mass is 35.5. The number of carbonyl (C=O) groups is 1. The zero-order valence-corrected chi connectivity index (χ0v) is 19.4. The van der Waals surface area contributed by atoms with Gasteiger partial charge in [-0.1, -0.05) is 23.7 Å². The van der Waals surface area contributed by atoms with Crippen molar-refractivity contribution in [2.24, 2.45) is 0 Å². The van der Waals surface area contributed by atoms with Crippen LogP contribution in [-0.4, -0.2) is 54.0 Å². The first-order valence-corrected chi connectivity index (χ1v) is 11.2. The van der Waals surface area contributed by atoms with Crippen molar-refractivity contribution in [1.82, 2.24) is 14.9 Å². The van der Waals surface area contributed by atoms with Crippen molar-refractivity contribution in [3.05, 3.63) is 64.8 Å². The van der Waals surface area contributed by atoms with Gasteiger partial charge in [-0.05, 0) is 75.8 Å². The molecular formula is C25H28ClN5O. The van der Waals surface area contributed by atoms with E-state index in [-0.39, 0.29) is 5.91 Å². The summed E-state index contributed by atoms with van der Waals surface area (Å²) < 4.78 is 0. The van der Waals surface area contributed by atoms with Gasteiger partial charge in [-0.3, -0.25) is 4.79 Å². The molecule has 3 aromatic rings. The van der Waals surface area contributed by atoms with Crippen LogP contribution in [0.5, 0.6) is 0 Å². The van der Waals surface area contributed by atoms with Gasteiger partial charge in [0.2, 0.25) is 11.9 Å². The second kappa shape index (κ2) is 9.67. The van der Waals surface area contributed by atoms with Crippen molar-refractivity contribution in [2.75, 3.05) is 37.4 Å². The van der Waals surface area contributed by atoms with E-state index in [0.29, 0.717) is 11.1 Å². The van der Waals surface area contributed by atoms with Crippen LogP contribution in [0.2, 0.25) is 5.02 Å². The van der Waals surface area contributed by atoms with Crippen LogP contribution in [0.4, 0.5) is 11.6 Å².